The molecule has 0 saturated heterocycles. The number of allylic oxidation sites excluding steroid dienone is 1. The normalized spacial score (nSPS) is 16.7. The first-order valence-corrected chi connectivity index (χ1v) is 10.1. The number of halogens is 1. The van der Waals surface area contributed by atoms with E-state index in [4.69, 9.17) is 21.1 Å². The molecular formula is C24H19ClN2O3. The van der Waals surface area contributed by atoms with Gasteiger partial charge in [-0.3, -0.25) is 14.7 Å². The minimum atomic E-state index is -0.141. The van der Waals surface area contributed by atoms with E-state index in [1.165, 1.54) is 0 Å². The second kappa shape index (κ2) is 7.59. The highest BCUT2D eigenvalue weighted by Gasteiger charge is 2.33. The lowest BCUT2D eigenvalue weighted by atomic mass is 10.00. The van der Waals surface area contributed by atoms with Crippen molar-refractivity contribution < 1.29 is 14.3 Å². The molecule has 6 heteroatoms. The number of hydrogen-bond donors (Lipinski definition) is 0. The van der Waals surface area contributed by atoms with Gasteiger partial charge in [-0.05, 0) is 42.8 Å². The Morgan fingerprint density at radius 2 is 2.00 bits per heavy atom. The summed E-state index contributed by atoms with van der Waals surface area (Å²) in [5.41, 5.74) is 4.11. The lowest BCUT2D eigenvalue weighted by Gasteiger charge is -2.30. The van der Waals surface area contributed by atoms with Crippen LogP contribution in [0.15, 0.2) is 60.5 Å². The molecule has 3 aromatic rings. The third-order valence-electron chi connectivity index (χ3n) is 5.31. The summed E-state index contributed by atoms with van der Waals surface area (Å²) in [5.74, 6) is 1.49. The number of nitrogens with zero attached hydrogens (tertiary/aromatic N) is 2. The molecule has 0 N–H and O–H groups in total. The SMILES string of the molecule is Cc1c2c(cc3c1O/C(=C\c1ccccc1Cl)C3=O)CN(Cc1ccccn1)CO2. The molecule has 3 heterocycles. The molecule has 0 aliphatic carbocycles. The molecule has 5 rings (SSSR count). The Morgan fingerprint density at radius 1 is 1.17 bits per heavy atom. The smallest absolute Gasteiger partial charge is 0.231 e. The number of Topliss-reactive ketones (excluding diaryl/α,β-unsaturated/α-hetero) is 1. The molecule has 150 valence electrons. The molecule has 30 heavy (non-hydrogen) atoms. The summed E-state index contributed by atoms with van der Waals surface area (Å²) in [6.07, 6.45) is 3.48. The van der Waals surface area contributed by atoms with Crippen LogP contribution < -0.4 is 9.47 Å². The lowest BCUT2D eigenvalue weighted by molar-refractivity contribution is 0.0865. The lowest BCUT2D eigenvalue weighted by Crippen LogP contribution is -2.32. The minimum absolute atomic E-state index is 0.141. The number of pyridine rings is 1. The quantitative estimate of drug-likeness (QED) is 0.559. The summed E-state index contributed by atoms with van der Waals surface area (Å²) in [4.78, 5) is 19.6. The molecule has 0 spiro atoms. The van der Waals surface area contributed by atoms with E-state index >= 15 is 0 Å². The molecule has 0 radical (unpaired) electrons. The highest BCUT2D eigenvalue weighted by atomic mass is 35.5. The molecule has 0 amide bonds. The Balaban J connectivity index is 1.44. The van der Waals surface area contributed by atoms with E-state index < -0.39 is 0 Å². The highest BCUT2D eigenvalue weighted by Crippen LogP contribution is 2.43. The van der Waals surface area contributed by atoms with Crippen molar-refractivity contribution in [1.29, 1.82) is 0 Å². The number of fused-ring (bicyclic) bond motifs is 2. The Kier molecular flexibility index (Phi) is 4.77. The molecule has 0 bridgehead atoms. The first-order valence-electron chi connectivity index (χ1n) is 9.70. The van der Waals surface area contributed by atoms with E-state index in [-0.39, 0.29) is 11.5 Å². The summed E-state index contributed by atoms with van der Waals surface area (Å²) in [6.45, 7) is 3.74. The van der Waals surface area contributed by atoms with Gasteiger partial charge in [-0.2, -0.15) is 0 Å². The van der Waals surface area contributed by atoms with Crippen molar-refractivity contribution in [3.05, 3.63) is 93.5 Å². The molecular weight excluding hydrogens is 400 g/mol. The van der Waals surface area contributed by atoms with Gasteiger partial charge < -0.3 is 9.47 Å². The van der Waals surface area contributed by atoms with Crippen molar-refractivity contribution in [3.8, 4) is 11.5 Å². The van der Waals surface area contributed by atoms with E-state index in [1.807, 2.05) is 49.4 Å². The van der Waals surface area contributed by atoms with Crippen molar-refractivity contribution in [2.45, 2.75) is 20.0 Å². The van der Waals surface area contributed by atoms with Crippen LogP contribution in [0.2, 0.25) is 5.02 Å². The van der Waals surface area contributed by atoms with Crippen LogP contribution in [0.25, 0.3) is 6.08 Å². The van der Waals surface area contributed by atoms with E-state index in [0.29, 0.717) is 36.2 Å². The van der Waals surface area contributed by atoms with E-state index in [2.05, 4.69) is 9.88 Å². The van der Waals surface area contributed by atoms with Crippen LogP contribution in [-0.4, -0.2) is 22.4 Å². The van der Waals surface area contributed by atoms with Crippen molar-refractivity contribution in [3.63, 3.8) is 0 Å². The number of benzene rings is 2. The molecule has 2 aromatic carbocycles. The molecule has 0 atom stereocenters. The molecule has 5 nitrogen and oxygen atoms in total. The van der Waals surface area contributed by atoms with Gasteiger partial charge in [-0.15, -0.1) is 0 Å². The van der Waals surface area contributed by atoms with Gasteiger partial charge in [0.05, 0.1) is 11.3 Å². The van der Waals surface area contributed by atoms with Crippen molar-refractivity contribution >= 4 is 23.5 Å². The predicted molar refractivity (Wildman–Crippen MR) is 115 cm³/mol. The second-order valence-corrected chi connectivity index (χ2v) is 7.82. The first-order chi connectivity index (χ1) is 14.6. The molecule has 0 fully saturated rings. The van der Waals surface area contributed by atoms with Gasteiger partial charge in [0.15, 0.2) is 5.76 Å². The maximum atomic E-state index is 13.0. The Bertz CT molecular complexity index is 1170. The Hall–Kier alpha value is -3.15. The number of carbonyl (C=O) groups excluding carboxylic acids is 1. The first kappa shape index (κ1) is 18.9. The van der Waals surface area contributed by atoms with Crippen LogP contribution in [0.1, 0.15) is 32.7 Å². The van der Waals surface area contributed by atoms with E-state index in [9.17, 15) is 4.79 Å². The molecule has 0 unspecified atom stereocenters. The third-order valence-corrected chi connectivity index (χ3v) is 5.65. The number of rotatable bonds is 3. The van der Waals surface area contributed by atoms with Crippen molar-refractivity contribution in [2.24, 2.45) is 0 Å². The largest absolute Gasteiger partial charge is 0.477 e. The van der Waals surface area contributed by atoms with Gasteiger partial charge >= 0.3 is 0 Å². The Morgan fingerprint density at radius 3 is 2.80 bits per heavy atom. The predicted octanol–water partition coefficient (Wildman–Crippen LogP) is 5.01. The van der Waals surface area contributed by atoms with E-state index in [1.54, 1.807) is 18.3 Å². The van der Waals surface area contributed by atoms with Crippen LogP contribution in [0.4, 0.5) is 0 Å². The summed E-state index contributed by atoms with van der Waals surface area (Å²) in [5, 5.41) is 0.571. The van der Waals surface area contributed by atoms with Crippen molar-refractivity contribution in [1.82, 2.24) is 9.88 Å². The van der Waals surface area contributed by atoms with Crippen LogP contribution in [0.3, 0.4) is 0 Å². The summed E-state index contributed by atoms with van der Waals surface area (Å²) >= 11 is 6.24. The number of aromatic nitrogens is 1. The zero-order chi connectivity index (χ0) is 20.7. The van der Waals surface area contributed by atoms with Gasteiger partial charge in [0.1, 0.15) is 18.2 Å². The minimum Gasteiger partial charge on any atom is -0.477 e. The van der Waals surface area contributed by atoms with Gasteiger partial charge in [-0.25, -0.2) is 0 Å². The molecule has 2 aliphatic heterocycles. The Labute approximate surface area is 179 Å². The maximum absolute atomic E-state index is 13.0. The van der Waals surface area contributed by atoms with Crippen LogP contribution in [0.5, 0.6) is 11.5 Å². The highest BCUT2D eigenvalue weighted by molar-refractivity contribution is 6.32. The van der Waals surface area contributed by atoms with Crippen LogP contribution in [0, 0.1) is 6.92 Å². The molecule has 1 aromatic heterocycles. The summed E-state index contributed by atoms with van der Waals surface area (Å²) in [6, 6.07) is 15.1. The van der Waals surface area contributed by atoms with Crippen LogP contribution >= 0.6 is 11.6 Å². The second-order valence-electron chi connectivity index (χ2n) is 7.41. The monoisotopic (exact) mass is 418 g/mol. The summed E-state index contributed by atoms with van der Waals surface area (Å²) < 4.78 is 12.0. The van der Waals surface area contributed by atoms with Gasteiger partial charge in [0, 0.05) is 35.4 Å². The average molecular weight is 419 g/mol. The number of ether oxygens (including phenoxy) is 2. The van der Waals surface area contributed by atoms with Crippen LogP contribution in [-0.2, 0) is 13.1 Å². The number of ketones is 1. The topological polar surface area (TPSA) is 51.7 Å². The fourth-order valence-electron chi connectivity index (χ4n) is 3.85. The van der Waals surface area contributed by atoms with Gasteiger partial charge in [0.2, 0.25) is 5.78 Å². The average Bonchev–Trinajstić information content (AvgIpc) is 3.06. The van der Waals surface area contributed by atoms with Crippen molar-refractivity contribution in [2.75, 3.05) is 6.73 Å². The zero-order valence-electron chi connectivity index (χ0n) is 16.4. The summed E-state index contributed by atoms with van der Waals surface area (Å²) in [7, 11) is 0. The fourth-order valence-corrected chi connectivity index (χ4v) is 4.04. The van der Waals surface area contributed by atoms with E-state index in [0.717, 1.165) is 28.1 Å². The zero-order valence-corrected chi connectivity index (χ0v) is 17.1. The molecule has 2 aliphatic rings. The van der Waals surface area contributed by atoms with Gasteiger partial charge in [-0.1, -0.05) is 35.9 Å². The van der Waals surface area contributed by atoms with Gasteiger partial charge in [0.25, 0.3) is 0 Å². The standard InChI is InChI=1S/C24H19ClN2O3/c1-15-23-17(12-27(14-29-23)13-18-7-4-5-9-26-18)10-19-22(28)21(30-24(15)19)11-16-6-2-3-8-20(16)25/h2-11H,12-14H2,1H3/b21-11-. The third kappa shape index (κ3) is 3.36. The number of hydrogen-bond acceptors (Lipinski definition) is 5. The number of carbonyl (C=O) groups is 1. The fraction of sp³-hybridized carbons (Fsp3) is 0.167. The maximum Gasteiger partial charge on any atom is 0.231 e. The molecule has 0 saturated carbocycles.